The van der Waals surface area contributed by atoms with Crippen LogP contribution in [-0.2, 0) is 11.3 Å². The average Bonchev–Trinajstić information content (AvgIpc) is 3.31. The normalized spacial score (nSPS) is 13.5. The molecule has 1 N–H and O–H groups in total. The van der Waals surface area contributed by atoms with E-state index in [1.54, 1.807) is 18.2 Å². The van der Waals surface area contributed by atoms with Gasteiger partial charge in [0, 0.05) is 12.6 Å². The van der Waals surface area contributed by atoms with Crippen LogP contribution in [0, 0.1) is 0 Å². The van der Waals surface area contributed by atoms with Gasteiger partial charge in [0.15, 0.2) is 17.6 Å². The molecule has 2 aromatic carbocycles. The molecule has 3 aromatic rings. The van der Waals surface area contributed by atoms with E-state index in [1.165, 1.54) is 0 Å². The van der Waals surface area contributed by atoms with Crippen LogP contribution in [0.5, 0.6) is 17.2 Å². The molecule has 1 amide bonds. The van der Waals surface area contributed by atoms with Gasteiger partial charge >= 0.3 is 0 Å². The van der Waals surface area contributed by atoms with Crippen LogP contribution in [0.15, 0.2) is 42.5 Å². The number of amides is 1. The first kappa shape index (κ1) is 18.2. The number of fused-ring (bicyclic) bond motifs is 2. The van der Waals surface area contributed by atoms with Crippen molar-refractivity contribution in [1.29, 1.82) is 0 Å². The van der Waals surface area contributed by atoms with Gasteiger partial charge in [0.1, 0.15) is 5.75 Å². The predicted molar refractivity (Wildman–Crippen MR) is 106 cm³/mol. The fraction of sp³-hybridized carbons (Fsp3) is 0.333. The molecular weight excluding hydrogens is 358 g/mol. The fourth-order valence-electron chi connectivity index (χ4n) is 3.25. The topological polar surface area (TPSA) is 74.6 Å². The lowest BCUT2D eigenvalue weighted by Crippen LogP contribution is -2.33. The summed E-state index contributed by atoms with van der Waals surface area (Å²) in [5.41, 5.74) is 1.86. The predicted octanol–water partition coefficient (Wildman–Crippen LogP) is 3.97. The minimum absolute atomic E-state index is 0.199. The molecule has 2 heterocycles. The summed E-state index contributed by atoms with van der Waals surface area (Å²) in [6.45, 7) is 4.98. The molecule has 0 saturated heterocycles. The summed E-state index contributed by atoms with van der Waals surface area (Å²) in [5, 5.41) is 2.94. The van der Waals surface area contributed by atoms with Crippen molar-refractivity contribution < 1.29 is 19.0 Å². The number of para-hydroxylation sites is 2. The van der Waals surface area contributed by atoms with Crippen LogP contribution in [0.1, 0.15) is 26.7 Å². The van der Waals surface area contributed by atoms with E-state index >= 15 is 0 Å². The summed E-state index contributed by atoms with van der Waals surface area (Å²) in [4.78, 5) is 17.5. The molecule has 1 aliphatic heterocycles. The monoisotopic (exact) mass is 381 g/mol. The van der Waals surface area contributed by atoms with Gasteiger partial charge in [0.25, 0.3) is 5.91 Å². The molecule has 0 spiro atoms. The van der Waals surface area contributed by atoms with Crippen molar-refractivity contribution in [1.82, 2.24) is 9.55 Å². The van der Waals surface area contributed by atoms with E-state index in [9.17, 15) is 4.79 Å². The Hall–Kier alpha value is -3.22. The minimum atomic E-state index is -0.643. The molecule has 0 unspecified atom stereocenters. The Morgan fingerprint density at radius 1 is 1.21 bits per heavy atom. The quantitative estimate of drug-likeness (QED) is 0.670. The van der Waals surface area contributed by atoms with Crippen LogP contribution in [0.2, 0.25) is 0 Å². The summed E-state index contributed by atoms with van der Waals surface area (Å²) in [6, 6.07) is 13.2. The third-order valence-corrected chi connectivity index (χ3v) is 4.62. The Labute approximate surface area is 163 Å². The summed E-state index contributed by atoms with van der Waals surface area (Å²) in [5.74, 6) is 2.18. The molecule has 146 valence electrons. The van der Waals surface area contributed by atoms with E-state index in [4.69, 9.17) is 14.2 Å². The maximum absolute atomic E-state index is 12.9. The van der Waals surface area contributed by atoms with E-state index in [0.717, 1.165) is 24.0 Å². The lowest BCUT2D eigenvalue weighted by molar-refractivity contribution is -0.122. The lowest BCUT2D eigenvalue weighted by atomic mass is 10.2. The van der Waals surface area contributed by atoms with Gasteiger partial charge in [-0.2, -0.15) is 0 Å². The number of carbonyl (C=O) groups is 1. The van der Waals surface area contributed by atoms with E-state index in [2.05, 4.69) is 17.2 Å². The van der Waals surface area contributed by atoms with Crippen LogP contribution < -0.4 is 19.5 Å². The standard InChI is InChI=1S/C21H23N3O4/c1-3-11-24-16-8-6-5-7-15(16)22-21(24)23-20(25)17(4-2)28-14-9-10-18-19(12-14)27-13-26-18/h5-10,12,17H,3-4,11,13H2,1-2H3,(H,22,23,25)/t17-/m0/s1. The fourth-order valence-corrected chi connectivity index (χ4v) is 3.25. The molecule has 28 heavy (non-hydrogen) atoms. The molecule has 7 nitrogen and oxygen atoms in total. The molecular formula is C21H23N3O4. The van der Waals surface area contributed by atoms with Gasteiger partial charge in [-0.15, -0.1) is 0 Å². The van der Waals surface area contributed by atoms with Gasteiger partial charge in [0.2, 0.25) is 12.7 Å². The van der Waals surface area contributed by atoms with E-state index in [-0.39, 0.29) is 12.7 Å². The Bertz CT molecular complexity index is 998. The van der Waals surface area contributed by atoms with Crippen molar-refractivity contribution in [3.8, 4) is 17.2 Å². The maximum Gasteiger partial charge on any atom is 0.267 e. The number of nitrogens with zero attached hydrogens (tertiary/aromatic N) is 2. The number of carbonyl (C=O) groups excluding carboxylic acids is 1. The molecule has 1 aromatic heterocycles. The number of aromatic nitrogens is 2. The Kier molecular flexibility index (Phi) is 5.06. The van der Waals surface area contributed by atoms with Gasteiger partial charge in [-0.05, 0) is 37.1 Å². The highest BCUT2D eigenvalue weighted by molar-refractivity contribution is 5.94. The van der Waals surface area contributed by atoms with Gasteiger partial charge in [-0.25, -0.2) is 4.98 Å². The number of nitrogens with one attached hydrogen (secondary N) is 1. The first-order chi connectivity index (χ1) is 13.7. The number of imidazole rings is 1. The van der Waals surface area contributed by atoms with Crippen LogP contribution in [0.4, 0.5) is 5.95 Å². The van der Waals surface area contributed by atoms with Crippen molar-refractivity contribution in [2.45, 2.75) is 39.3 Å². The lowest BCUT2D eigenvalue weighted by Gasteiger charge is -2.18. The van der Waals surface area contributed by atoms with Crippen LogP contribution in [0.25, 0.3) is 11.0 Å². The van der Waals surface area contributed by atoms with Gasteiger partial charge < -0.3 is 18.8 Å². The number of benzene rings is 2. The summed E-state index contributed by atoms with van der Waals surface area (Å²) in [6.07, 6.45) is 0.817. The zero-order chi connectivity index (χ0) is 19.5. The van der Waals surface area contributed by atoms with Gasteiger partial charge in [-0.3, -0.25) is 10.1 Å². The molecule has 0 fully saturated rings. The second-order valence-electron chi connectivity index (χ2n) is 6.59. The summed E-state index contributed by atoms with van der Waals surface area (Å²) >= 11 is 0. The highest BCUT2D eigenvalue weighted by atomic mass is 16.7. The van der Waals surface area contributed by atoms with Crippen molar-refractivity contribution in [2.75, 3.05) is 12.1 Å². The molecule has 0 radical (unpaired) electrons. The number of hydrogen-bond acceptors (Lipinski definition) is 5. The third-order valence-electron chi connectivity index (χ3n) is 4.62. The molecule has 4 rings (SSSR count). The molecule has 0 aliphatic carbocycles. The number of rotatable bonds is 7. The number of anilines is 1. The number of hydrogen-bond donors (Lipinski definition) is 1. The van der Waals surface area contributed by atoms with Crippen molar-refractivity contribution in [2.24, 2.45) is 0 Å². The van der Waals surface area contributed by atoms with Crippen molar-refractivity contribution >= 4 is 22.9 Å². The second-order valence-corrected chi connectivity index (χ2v) is 6.59. The SMILES string of the molecule is CCCn1c(NC(=O)[C@H](CC)Oc2ccc3c(c2)OCO3)nc2ccccc21. The Balaban J connectivity index is 1.53. The molecule has 1 atom stereocenters. The molecule has 0 bridgehead atoms. The van der Waals surface area contributed by atoms with Crippen molar-refractivity contribution in [3.05, 3.63) is 42.5 Å². The number of aryl methyl sites for hydroxylation is 1. The second kappa shape index (κ2) is 7.80. The van der Waals surface area contributed by atoms with E-state index < -0.39 is 6.10 Å². The van der Waals surface area contributed by atoms with Crippen molar-refractivity contribution in [3.63, 3.8) is 0 Å². The third kappa shape index (κ3) is 3.47. The Morgan fingerprint density at radius 2 is 2.04 bits per heavy atom. The van der Waals surface area contributed by atoms with E-state index in [1.807, 2.05) is 35.8 Å². The van der Waals surface area contributed by atoms with E-state index in [0.29, 0.717) is 29.6 Å². The smallest absolute Gasteiger partial charge is 0.267 e. The minimum Gasteiger partial charge on any atom is -0.480 e. The summed E-state index contributed by atoms with van der Waals surface area (Å²) < 4.78 is 18.6. The molecule has 7 heteroatoms. The zero-order valence-corrected chi connectivity index (χ0v) is 16.0. The molecule has 1 aliphatic rings. The van der Waals surface area contributed by atoms with Gasteiger partial charge in [0.05, 0.1) is 11.0 Å². The first-order valence-electron chi connectivity index (χ1n) is 9.52. The summed E-state index contributed by atoms with van der Waals surface area (Å²) in [7, 11) is 0. The van der Waals surface area contributed by atoms with Crippen LogP contribution >= 0.6 is 0 Å². The van der Waals surface area contributed by atoms with Crippen LogP contribution in [-0.4, -0.2) is 28.4 Å². The average molecular weight is 381 g/mol. The Morgan fingerprint density at radius 3 is 2.86 bits per heavy atom. The zero-order valence-electron chi connectivity index (χ0n) is 16.0. The first-order valence-corrected chi connectivity index (χ1v) is 9.52. The molecule has 0 saturated carbocycles. The maximum atomic E-state index is 12.9. The highest BCUT2D eigenvalue weighted by Gasteiger charge is 2.23. The largest absolute Gasteiger partial charge is 0.480 e. The number of ether oxygens (including phenoxy) is 3. The van der Waals surface area contributed by atoms with Crippen LogP contribution in [0.3, 0.4) is 0 Å². The highest BCUT2D eigenvalue weighted by Crippen LogP contribution is 2.35. The van der Waals surface area contributed by atoms with Gasteiger partial charge in [-0.1, -0.05) is 26.0 Å².